The topological polar surface area (TPSA) is 35.3 Å². The van der Waals surface area contributed by atoms with E-state index in [4.69, 9.17) is 9.15 Å². The quantitative estimate of drug-likeness (QED) is 0.768. The molecule has 0 saturated carbocycles. The molecule has 3 heteroatoms. The zero-order valence-electron chi connectivity index (χ0n) is 8.81. The Morgan fingerprint density at radius 3 is 2.60 bits per heavy atom. The molecule has 0 bridgehead atoms. The van der Waals surface area contributed by atoms with E-state index in [-0.39, 0.29) is 6.10 Å². The van der Waals surface area contributed by atoms with Crippen molar-refractivity contribution in [2.45, 2.75) is 20.0 Å². The molecule has 3 nitrogen and oxygen atoms in total. The lowest BCUT2D eigenvalue weighted by atomic mass is 10.2. The number of hydrogen-bond donors (Lipinski definition) is 0. The average molecular weight is 203 g/mol. The third-order valence-electron chi connectivity index (χ3n) is 1.95. The molecule has 0 spiro atoms. The molecule has 0 radical (unpaired) electrons. The third-order valence-corrected chi connectivity index (χ3v) is 1.95. The van der Waals surface area contributed by atoms with Crippen molar-refractivity contribution in [1.29, 1.82) is 0 Å². The van der Waals surface area contributed by atoms with Crippen molar-refractivity contribution in [3.8, 4) is 17.0 Å². The Hall–Kier alpha value is -1.77. The van der Waals surface area contributed by atoms with Gasteiger partial charge in [-0.05, 0) is 26.0 Å². The van der Waals surface area contributed by atoms with Crippen molar-refractivity contribution in [1.82, 2.24) is 4.98 Å². The Morgan fingerprint density at radius 1 is 1.20 bits per heavy atom. The van der Waals surface area contributed by atoms with Crippen LogP contribution in [0.5, 0.6) is 5.88 Å². The molecule has 2 heterocycles. The fraction of sp³-hybridized carbons (Fsp3) is 0.250. The van der Waals surface area contributed by atoms with Gasteiger partial charge in [-0.15, -0.1) is 0 Å². The molecule has 78 valence electrons. The zero-order chi connectivity index (χ0) is 10.7. The monoisotopic (exact) mass is 203 g/mol. The second-order valence-corrected chi connectivity index (χ2v) is 3.56. The Bertz CT molecular complexity index is 404. The van der Waals surface area contributed by atoms with E-state index in [1.807, 2.05) is 32.0 Å². The van der Waals surface area contributed by atoms with Gasteiger partial charge < -0.3 is 9.15 Å². The summed E-state index contributed by atoms with van der Waals surface area (Å²) in [4.78, 5) is 4.21. The molecule has 15 heavy (non-hydrogen) atoms. The second-order valence-electron chi connectivity index (χ2n) is 3.56. The molecule has 0 saturated heterocycles. The van der Waals surface area contributed by atoms with Crippen LogP contribution in [0.15, 0.2) is 41.3 Å². The van der Waals surface area contributed by atoms with Crippen molar-refractivity contribution < 1.29 is 9.15 Å². The van der Waals surface area contributed by atoms with E-state index in [2.05, 4.69) is 4.98 Å². The summed E-state index contributed by atoms with van der Waals surface area (Å²) in [6, 6.07) is 5.73. The summed E-state index contributed by atoms with van der Waals surface area (Å²) in [6.07, 6.45) is 5.27. The van der Waals surface area contributed by atoms with Crippen LogP contribution in [0.1, 0.15) is 13.8 Å². The van der Waals surface area contributed by atoms with E-state index in [1.54, 1.807) is 18.7 Å². The maximum Gasteiger partial charge on any atom is 0.213 e. The van der Waals surface area contributed by atoms with Gasteiger partial charge in [-0.1, -0.05) is 0 Å². The number of furan rings is 1. The van der Waals surface area contributed by atoms with Gasteiger partial charge >= 0.3 is 0 Å². The van der Waals surface area contributed by atoms with Crippen LogP contribution in [-0.2, 0) is 0 Å². The number of rotatable bonds is 3. The summed E-state index contributed by atoms with van der Waals surface area (Å²) in [7, 11) is 0. The molecular formula is C12H13NO2. The summed E-state index contributed by atoms with van der Waals surface area (Å²) in [6.45, 7) is 3.96. The number of nitrogens with zero attached hydrogens (tertiary/aromatic N) is 1. The average Bonchev–Trinajstić information content (AvgIpc) is 2.71. The van der Waals surface area contributed by atoms with Gasteiger partial charge in [0.25, 0.3) is 0 Å². The van der Waals surface area contributed by atoms with Crippen LogP contribution in [0.3, 0.4) is 0 Å². The zero-order valence-corrected chi connectivity index (χ0v) is 8.81. The van der Waals surface area contributed by atoms with Gasteiger partial charge in [0.2, 0.25) is 5.88 Å². The van der Waals surface area contributed by atoms with Crippen molar-refractivity contribution in [2.75, 3.05) is 0 Å². The molecule has 0 aliphatic carbocycles. The molecule has 2 rings (SSSR count). The summed E-state index contributed by atoms with van der Waals surface area (Å²) < 4.78 is 10.5. The first-order valence-corrected chi connectivity index (χ1v) is 4.91. The standard InChI is InChI=1S/C12H13NO2/c1-9(2)15-12-4-3-10(7-13-12)11-5-6-14-8-11/h3-9H,1-2H3. The summed E-state index contributed by atoms with van der Waals surface area (Å²) in [5.41, 5.74) is 2.05. The van der Waals surface area contributed by atoms with Crippen molar-refractivity contribution in [3.63, 3.8) is 0 Å². The van der Waals surface area contributed by atoms with Crippen LogP contribution < -0.4 is 4.74 Å². The minimum Gasteiger partial charge on any atom is -0.475 e. The number of aromatic nitrogens is 1. The van der Waals surface area contributed by atoms with Gasteiger partial charge in [0.15, 0.2) is 0 Å². The van der Waals surface area contributed by atoms with Crippen LogP contribution >= 0.6 is 0 Å². The maximum absolute atomic E-state index is 5.45. The van der Waals surface area contributed by atoms with E-state index >= 15 is 0 Å². The second kappa shape index (κ2) is 4.17. The van der Waals surface area contributed by atoms with Crippen molar-refractivity contribution in [3.05, 3.63) is 36.9 Å². The summed E-state index contributed by atoms with van der Waals surface area (Å²) >= 11 is 0. The van der Waals surface area contributed by atoms with E-state index in [9.17, 15) is 0 Å². The normalized spacial score (nSPS) is 10.6. The SMILES string of the molecule is CC(C)Oc1ccc(-c2ccoc2)cn1. The fourth-order valence-corrected chi connectivity index (χ4v) is 1.29. The minimum atomic E-state index is 0.150. The number of ether oxygens (including phenoxy) is 1. The lowest BCUT2D eigenvalue weighted by molar-refractivity contribution is 0.232. The van der Waals surface area contributed by atoms with Gasteiger partial charge in [0.05, 0.1) is 18.6 Å². The highest BCUT2D eigenvalue weighted by Crippen LogP contribution is 2.20. The third kappa shape index (κ3) is 2.37. The largest absolute Gasteiger partial charge is 0.475 e. The Labute approximate surface area is 88.7 Å². The highest BCUT2D eigenvalue weighted by molar-refractivity contribution is 5.60. The van der Waals surface area contributed by atoms with Gasteiger partial charge in [-0.25, -0.2) is 4.98 Å². The van der Waals surface area contributed by atoms with Gasteiger partial charge in [0.1, 0.15) is 0 Å². The van der Waals surface area contributed by atoms with Crippen LogP contribution in [-0.4, -0.2) is 11.1 Å². The van der Waals surface area contributed by atoms with E-state index in [0.29, 0.717) is 5.88 Å². The first-order chi connectivity index (χ1) is 7.25. The lowest BCUT2D eigenvalue weighted by Gasteiger charge is -2.08. The van der Waals surface area contributed by atoms with Crippen LogP contribution in [0.4, 0.5) is 0 Å². The molecule has 0 atom stereocenters. The smallest absolute Gasteiger partial charge is 0.213 e. The van der Waals surface area contributed by atoms with Crippen molar-refractivity contribution in [2.24, 2.45) is 0 Å². The predicted molar refractivity (Wildman–Crippen MR) is 57.7 cm³/mol. The van der Waals surface area contributed by atoms with E-state index in [0.717, 1.165) is 11.1 Å². The minimum absolute atomic E-state index is 0.150. The number of pyridine rings is 1. The first kappa shape index (κ1) is 9.77. The van der Waals surface area contributed by atoms with Gasteiger partial charge in [-0.2, -0.15) is 0 Å². The molecule has 0 aliphatic heterocycles. The molecule has 0 unspecified atom stereocenters. The van der Waals surface area contributed by atoms with Crippen LogP contribution in [0, 0.1) is 0 Å². The van der Waals surface area contributed by atoms with Crippen LogP contribution in [0.25, 0.3) is 11.1 Å². The number of hydrogen-bond acceptors (Lipinski definition) is 3. The molecular weight excluding hydrogens is 190 g/mol. The molecule has 0 aliphatic rings. The summed E-state index contributed by atoms with van der Waals surface area (Å²) in [5, 5.41) is 0. The first-order valence-electron chi connectivity index (χ1n) is 4.91. The molecule has 0 aromatic carbocycles. The molecule has 0 fully saturated rings. The molecule has 0 amide bonds. The highest BCUT2D eigenvalue weighted by Gasteiger charge is 2.01. The molecule has 2 aromatic heterocycles. The Balaban J connectivity index is 2.17. The van der Waals surface area contributed by atoms with E-state index < -0.39 is 0 Å². The van der Waals surface area contributed by atoms with Crippen LogP contribution in [0.2, 0.25) is 0 Å². The maximum atomic E-state index is 5.45. The lowest BCUT2D eigenvalue weighted by Crippen LogP contribution is -2.06. The highest BCUT2D eigenvalue weighted by atomic mass is 16.5. The fourth-order valence-electron chi connectivity index (χ4n) is 1.29. The summed E-state index contributed by atoms with van der Waals surface area (Å²) in [5.74, 6) is 0.650. The van der Waals surface area contributed by atoms with Gasteiger partial charge in [-0.3, -0.25) is 0 Å². The molecule has 0 N–H and O–H groups in total. The Kier molecular flexibility index (Phi) is 2.72. The van der Waals surface area contributed by atoms with Crippen molar-refractivity contribution >= 4 is 0 Å². The predicted octanol–water partition coefficient (Wildman–Crippen LogP) is 3.13. The molecule has 2 aromatic rings. The van der Waals surface area contributed by atoms with Gasteiger partial charge in [0, 0.05) is 23.4 Å². The Morgan fingerprint density at radius 2 is 2.07 bits per heavy atom. The van der Waals surface area contributed by atoms with E-state index in [1.165, 1.54) is 0 Å².